The normalized spacial score (nSPS) is 15.6. The highest BCUT2D eigenvalue weighted by molar-refractivity contribution is 5.74. The monoisotopic (exact) mass is 482 g/mol. The summed E-state index contributed by atoms with van der Waals surface area (Å²) in [6, 6.07) is 3.28. The van der Waals surface area contributed by atoms with Crippen LogP contribution >= 0.6 is 0 Å². The van der Waals surface area contributed by atoms with Crippen LogP contribution in [0.1, 0.15) is 29.2 Å². The van der Waals surface area contributed by atoms with E-state index in [1.54, 1.807) is 0 Å². The molecule has 12 heteroatoms. The number of halogens is 12. The van der Waals surface area contributed by atoms with Crippen molar-refractivity contribution in [2.75, 3.05) is 0 Å². The van der Waals surface area contributed by atoms with Gasteiger partial charge in [-0.15, -0.1) is 0 Å². The molecular weight excluding hydrogens is 468 g/mol. The van der Waals surface area contributed by atoms with Crippen molar-refractivity contribution in [3.8, 4) is 11.1 Å². The molecule has 0 nitrogen and oxygen atoms in total. The molecule has 0 N–H and O–H groups in total. The molecule has 2 rings (SSSR count). The van der Waals surface area contributed by atoms with Gasteiger partial charge in [-0.05, 0) is 42.2 Å². The predicted octanol–water partition coefficient (Wildman–Crippen LogP) is 8.17. The standard InChI is InChI=1S/C20H14F12/c1-3-11-8-10(2)9-14(15(11)12-4-6-13(7-5-12)17(22,23)24)16(21,19(27,28)29)18(25,26)20(30,31)32/h4-9H,3H2,1-2H3. The molecule has 0 fully saturated rings. The lowest BCUT2D eigenvalue weighted by atomic mass is 9.79. The lowest BCUT2D eigenvalue weighted by Gasteiger charge is -2.38. The SMILES string of the molecule is CCc1cc(C)cc(C(F)(C(F)(F)F)C(F)(F)C(F)(F)F)c1-c1ccc(C(F)(F)F)cc1. The molecule has 0 bridgehead atoms. The molecule has 2 aromatic carbocycles. The van der Waals surface area contributed by atoms with Crippen molar-refractivity contribution in [3.05, 3.63) is 58.7 Å². The third-order valence-electron chi connectivity index (χ3n) is 4.80. The van der Waals surface area contributed by atoms with Crippen molar-refractivity contribution >= 4 is 0 Å². The molecule has 1 atom stereocenters. The van der Waals surface area contributed by atoms with Gasteiger partial charge in [-0.1, -0.05) is 36.8 Å². The Hall–Kier alpha value is -2.40. The second kappa shape index (κ2) is 7.87. The zero-order chi connectivity index (χ0) is 24.9. The van der Waals surface area contributed by atoms with E-state index in [2.05, 4.69) is 0 Å². The number of hydrogen-bond acceptors (Lipinski definition) is 0. The molecule has 0 saturated carbocycles. The third kappa shape index (κ3) is 4.15. The fourth-order valence-electron chi connectivity index (χ4n) is 3.27. The van der Waals surface area contributed by atoms with Crippen LogP contribution in [0, 0.1) is 6.92 Å². The molecule has 0 amide bonds. The van der Waals surface area contributed by atoms with E-state index in [0.717, 1.165) is 13.0 Å². The first-order valence-corrected chi connectivity index (χ1v) is 8.80. The minimum atomic E-state index is -6.93. The van der Waals surface area contributed by atoms with E-state index in [4.69, 9.17) is 0 Å². The average Bonchev–Trinajstić information content (AvgIpc) is 2.64. The van der Waals surface area contributed by atoms with Crippen LogP contribution in [0.4, 0.5) is 52.7 Å². The van der Waals surface area contributed by atoms with E-state index in [9.17, 15) is 48.3 Å². The van der Waals surface area contributed by atoms with E-state index >= 15 is 4.39 Å². The molecule has 0 aliphatic rings. The van der Waals surface area contributed by atoms with Crippen LogP contribution in [-0.2, 0) is 18.3 Å². The number of aryl methyl sites for hydroxylation is 2. The van der Waals surface area contributed by atoms with Crippen molar-refractivity contribution in [3.63, 3.8) is 0 Å². The summed E-state index contributed by atoms with van der Waals surface area (Å²) in [4.78, 5) is 0. The minimum Gasteiger partial charge on any atom is -0.221 e. The molecule has 32 heavy (non-hydrogen) atoms. The van der Waals surface area contributed by atoms with Gasteiger partial charge in [0.1, 0.15) is 0 Å². The molecule has 1 unspecified atom stereocenters. The first kappa shape index (κ1) is 25.9. The predicted molar refractivity (Wildman–Crippen MR) is 90.8 cm³/mol. The van der Waals surface area contributed by atoms with Gasteiger partial charge in [-0.3, -0.25) is 0 Å². The maximum absolute atomic E-state index is 15.2. The molecule has 0 saturated heterocycles. The first-order valence-electron chi connectivity index (χ1n) is 8.80. The number of rotatable bonds is 4. The van der Waals surface area contributed by atoms with Gasteiger partial charge in [-0.25, -0.2) is 4.39 Å². The maximum Gasteiger partial charge on any atom is 0.457 e. The van der Waals surface area contributed by atoms with Crippen LogP contribution in [0.5, 0.6) is 0 Å². The Morgan fingerprint density at radius 2 is 1.19 bits per heavy atom. The second-order valence-electron chi connectivity index (χ2n) is 7.00. The Morgan fingerprint density at radius 3 is 1.56 bits per heavy atom. The summed E-state index contributed by atoms with van der Waals surface area (Å²) in [5, 5.41) is 0. The topological polar surface area (TPSA) is 0 Å². The first-order chi connectivity index (χ1) is 14.3. The minimum absolute atomic E-state index is 0.194. The van der Waals surface area contributed by atoms with Crippen molar-refractivity contribution in [2.24, 2.45) is 0 Å². The van der Waals surface area contributed by atoms with E-state index < -0.39 is 52.4 Å². The second-order valence-corrected chi connectivity index (χ2v) is 7.00. The smallest absolute Gasteiger partial charge is 0.221 e. The van der Waals surface area contributed by atoms with E-state index in [1.165, 1.54) is 6.92 Å². The molecular formula is C20H14F12. The summed E-state index contributed by atoms with van der Waals surface area (Å²) >= 11 is 0. The maximum atomic E-state index is 15.2. The Balaban J connectivity index is 2.99. The molecule has 2 aromatic rings. The van der Waals surface area contributed by atoms with Gasteiger partial charge >= 0.3 is 30.1 Å². The zero-order valence-electron chi connectivity index (χ0n) is 16.2. The van der Waals surface area contributed by atoms with Crippen LogP contribution < -0.4 is 0 Å². The summed E-state index contributed by atoms with van der Waals surface area (Å²) in [6.45, 7) is 2.36. The molecule has 178 valence electrons. The van der Waals surface area contributed by atoms with Crippen molar-refractivity contribution < 1.29 is 52.7 Å². The zero-order valence-corrected chi connectivity index (χ0v) is 16.2. The van der Waals surface area contributed by atoms with Gasteiger partial charge in [-0.2, -0.15) is 48.3 Å². The van der Waals surface area contributed by atoms with Gasteiger partial charge in [0.15, 0.2) is 0 Å². The van der Waals surface area contributed by atoms with Gasteiger partial charge in [0, 0.05) is 5.56 Å². The lowest BCUT2D eigenvalue weighted by Crippen LogP contribution is -2.60. The highest BCUT2D eigenvalue weighted by Crippen LogP contribution is 2.60. The van der Waals surface area contributed by atoms with Crippen LogP contribution in [0.25, 0.3) is 11.1 Å². The summed E-state index contributed by atoms with van der Waals surface area (Å²) < 4.78 is 161. The van der Waals surface area contributed by atoms with Gasteiger partial charge in [0.25, 0.3) is 0 Å². The number of benzene rings is 2. The highest BCUT2D eigenvalue weighted by atomic mass is 19.4. The largest absolute Gasteiger partial charge is 0.457 e. The summed E-state index contributed by atoms with van der Waals surface area (Å²) in [6.07, 6.45) is -18.8. The van der Waals surface area contributed by atoms with E-state index in [1.807, 2.05) is 0 Å². The van der Waals surface area contributed by atoms with Crippen LogP contribution in [-0.4, -0.2) is 18.3 Å². The molecule has 0 radical (unpaired) electrons. The van der Waals surface area contributed by atoms with Gasteiger partial charge in [0.2, 0.25) is 0 Å². The third-order valence-corrected chi connectivity index (χ3v) is 4.80. The molecule has 0 aromatic heterocycles. The average molecular weight is 482 g/mol. The quantitative estimate of drug-likeness (QED) is 0.386. The van der Waals surface area contributed by atoms with Crippen molar-refractivity contribution in [1.29, 1.82) is 0 Å². The van der Waals surface area contributed by atoms with Crippen LogP contribution in [0.3, 0.4) is 0 Å². The van der Waals surface area contributed by atoms with Gasteiger partial charge in [0.05, 0.1) is 5.56 Å². The summed E-state index contributed by atoms with van der Waals surface area (Å²) in [5.41, 5.74) is -11.6. The molecule has 0 heterocycles. The number of hydrogen-bond donors (Lipinski definition) is 0. The van der Waals surface area contributed by atoms with Crippen molar-refractivity contribution in [2.45, 2.75) is 50.4 Å². The molecule has 0 aliphatic carbocycles. The lowest BCUT2D eigenvalue weighted by molar-refractivity contribution is -0.389. The van der Waals surface area contributed by atoms with Crippen molar-refractivity contribution in [1.82, 2.24) is 0 Å². The van der Waals surface area contributed by atoms with E-state index in [0.29, 0.717) is 24.3 Å². The summed E-state index contributed by atoms with van der Waals surface area (Å²) in [5.74, 6) is -6.91. The summed E-state index contributed by atoms with van der Waals surface area (Å²) in [7, 11) is 0. The Morgan fingerprint density at radius 1 is 0.688 bits per heavy atom. The fraction of sp³-hybridized carbons (Fsp3) is 0.400. The number of alkyl halides is 12. The Kier molecular flexibility index (Phi) is 6.36. The highest BCUT2D eigenvalue weighted by Gasteiger charge is 2.82. The van der Waals surface area contributed by atoms with Crippen LogP contribution in [0.2, 0.25) is 0 Å². The van der Waals surface area contributed by atoms with Crippen LogP contribution in [0.15, 0.2) is 36.4 Å². The molecule has 0 aliphatic heterocycles. The Bertz CT molecular complexity index is 964. The fourth-order valence-corrected chi connectivity index (χ4v) is 3.27. The molecule has 0 spiro atoms. The van der Waals surface area contributed by atoms with Gasteiger partial charge < -0.3 is 0 Å². The van der Waals surface area contributed by atoms with E-state index in [-0.39, 0.29) is 23.6 Å². The Labute approximate surface area is 173 Å².